The van der Waals surface area contributed by atoms with E-state index >= 15 is 0 Å². The minimum absolute atomic E-state index is 0.157. The minimum Gasteiger partial charge on any atom is -0.868 e. The number of nitrogens with zero attached hydrogens (tertiary/aromatic N) is 3. The number of thiazole rings is 1. The molecule has 0 fully saturated rings. The molecule has 0 aliphatic carbocycles. The Morgan fingerprint density at radius 3 is 2.60 bits per heavy atom. The van der Waals surface area contributed by atoms with Gasteiger partial charge in [0.2, 0.25) is 0 Å². The average Bonchev–Trinajstić information content (AvgIpc) is 3.13. The van der Waals surface area contributed by atoms with E-state index in [-0.39, 0.29) is 16.7 Å². The highest BCUT2D eigenvalue weighted by atomic mass is 32.1. The minimum atomic E-state index is -0.795. The van der Waals surface area contributed by atoms with E-state index in [0.29, 0.717) is 27.4 Å². The van der Waals surface area contributed by atoms with E-state index in [2.05, 4.69) is 4.99 Å². The standard InChI is InChI=1S/C24H21N3O7S/c1-4-34-23(30)20-13(2)25-24-26(21(20)15-6-8-16(33-3)9-7-15)22(29)19(35-24)12-14-5-10-18(28)17(11-14)27(31)32/h5-12,21,28H,4H2,1-3H3/p-1/t21-/m0/s1. The Bertz CT molecular complexity index is 1530. The van der Waals surface area contributed by atoms with Crippen LogP contribution in [0.4, 0.5) is 5.69 Å². The number of fused-ring (bicyclic) bond motifs is 1. The number of allylic oxidation sites excluding steroid dienone is 1. The maximum absolute atomic E-state index is 13.5. The summed E-state index contributed by atoms with van der Waals surface area (Å²) in [6.07, 6.45) is 1.46. The molecule has 3 aromatic rings. The molecule has 10 nitrogen and oxygen atoms in total. The van der Waals surface area contributed by atoms with Gasteiger partial charge >= 0.3 is 5.97 Å². The van der Waals surface area contributed by atoms with Gasteiger partial charge in [-0.05, 0) is 48.9 Å². The Labute approximate surface area is 202 Å². The number of aromatic nitrogens is 1. The van der Waals surface area contributed by atoms with E-state index in [1.165, 1.54) is 23.8 Å². The lowest BCUT2D eigenvalue weighted by Gasteiger charge is -2.24. The van der Waals surface area contributed by atoms with E-state index in [0.717, 1.165) is 23.5 Å². The first kappa shape index (κ1) is 23.9. The van der Waals surface area contributed by atoms with E-state index in [9.17, 15) is 24.8 Å². The van der Waals surface area contributed by atoms with Gasteiger partial charge < -0.3 is 14.6 Å². The lowest BCUT2D eigenvalue weighted by Crippen LogP contribution is -2.39. The highest BCUT2D eigenvalue weighted by Crippen LogP contribution is 2.31. The molecule has 0 radical (unpaired) electrons. The number of benzene rings is 2. The van der Waals surface area contributed by atoms with Crippen molar-refractivity contribution in [3.63, 3.8) is 0 Å². The zero-order valence-electron chi connectivity index (χ0n) is 19.0. The predicted octanol–water partition coefficient (Wildman–Crippen LogP) is 1.79. The molecule has 2 aromatic carbocycles. The number of rotatable bonds is 6. The average molecular weight is 495 g/mol. The van der Waals surface area contributed by atoms with Gasteiger partial charge in [-0.1, -0.05) is 35.6 Å². The molecule has 0 bridgehead atoms. The summed E-state index contributed by atoms with van der Waals surface area (Å²) in [5, 5.41) is 22.9. The second-order valence-electron chi connectivity index (χ2n) is 7.56. The lowest BCUT2D eigenvalue weighted by molar-refractivity contribution is -0.398. The van der Waals surface area contributed by atoms with Crippen molar-refractivity contribution in [2.75, 3.05) is 13.7 Å². The van der Waals surface area contributed by atoms with Gasteiger partial charge in [-0.2, -0.15) is 0 Å². The van der Waals surface area contributed by atoms with Crippen LogP contribution in [0.2, 0.25) is 0 Å². The quantitative estimate of drug-likeness (QED) is 0.289. The highest BCUT2D eigenvalue weighted by Gasteiger charge is 2.33. The first-order valence-electron chi connectivity index (χ1n) is 10.5. The third-order valence-corrected chi connectivity index (χ3v) is 6.41. The molecule has 0 saturated carbocycles. The van der Waals surface area contributed by atoms with Crippen molar-refractivity contribution in [1.29, 1.82) is 0 Å². The van der Waals surface area contributed by atoms with Gasteiger partial charge in [0.05, 0.1) is 40.5 Å². The summed E-state index contributed by atoms with van der Waals surface area (Å²) in [4.78, 5) is 41.6. The Morgan fingerprint density at radius 1 is 1.26 bits per heavy atom. The normalized spacial score (nSPS) is 15.4. The molecular formula is C24H20N3O7S-. The summed E-state index contributed by atoms with van der Waals surface area (Å²) < 4.78 is 12.1. The molecule has 2 heterocycles. The monoisotopic (exact) mass is 494 g/mol. The van der Waals surface area contributed by atoms with Gasteiger partial charge in [-0.3, -0.25) is 19.5 Å². The number of carbonyl (C=O) groups excluding carboxylic acids is 1. The second kappa shape index (κ2) is 9.55. The van der Waals surface area contributed by atoms with E-state index < -0.39 is 33.9 Å². The number of hydrogen-bond donors (Lipinski definition) is 0. The van der Waals surface area contributed by atoms with Crippen LogP contribution >= 0.6 is 11.3 Å². The molecule has 11 heteroatoms. The summed E-state index contributed by atoms with van der Waals surface area (Å²) in [7, 11) is 1.54. The first-order valence-corrected chi connectivity index (χ1v) is 11.4. The first-order chi connectivity index (χ1) is 16.7. The van der Waals surface area contributed by atoms with Crippen molar-refractivity contribution >= 4 is 29.1 Å². The number of hydrogen-bond acceptors (Lipinski definition) is 9. The maximum atomic E-state index is 13.5. The van der Waals surface area contributed by atoms with Crippen LogP contribution in [0.25, 0.3) is 6.08 Å². The molecule has 0 spiro atoms. The van der Waals surface area contributed by atoms with E-state index in [1.54, 1.807) is 38.1 Å². The van der Waals surface area contributed by atoms with Crippen molar-refractivity contribution in [1.82, 2.24) is 4.57 Å². The molecule has 1 aliphatic rings. The third kappa shape index (κ3) is 4.45. The molecular weight excluding hydrogens is 474 g/mol. The van der Waals surface area contributed by atoms with Gasteiger partial charge in [0.25, 0.3) is 11.2 Å². The fourth-order valence-electron chi connectivity index (χ4n) is 3.81. The van der Waals surface area contributed by atoms with Crippen LogP contribution < -0.4 is 24.7 Å². The number of methoxy groups -OCH3 is 1. The summed E-state index contributed by atoms with van der Waals surface area (Å²) in [5.74, 6) is -0.684. The summed E-state index contributed by atoms with van der Waals surface area (Å²) in [6, 6.07) is 9.80. The van der Waals surface area contributed by atoms with Crippen molar-refractivity contribution in [3.8, 4) is 11.5 Å². The van der Waals surface area contributed by atoms with Gasteiger partial charge in [-0.25, -0.2) is 9.79 Å². The SMILES string of the molecule is CCOC(=O)C1=C(C)N=c2sc(=Cc3ccc([O-])c([N+](=O)[O-])c3)c(=O)n2[C@H]1c1ccc(OC)cc1. The van der Waals surface area contributed by atoms with Crippen LogP contribution in [0.5, 0.6) is 11.5 Å². The van der Waals surface area contributed by atoms with Crippen LogP contribution in [0.15, 0.2) is 63.5 Å². The fraction of sp³-hybridized carbons (Fsp3) is 0.208. The lowest BCUT2D eigenvalue weighted by atomic mass is 9.96. The molecule has 0 amide bonds. The number of carbonyl (C=O) groups is 1. The summed E-state index contributed by atoms with van der Waals surface area (Å²) in [5.41, 5.74) is 0.623. The number of nitro benzene ring substituents is 1. The van der Waals surface area contributed by atoms with Crippen LogP contribution in [-0.4, -0.2) is 29.2 Å². The van der Waals surface area contributed by atoms with Crippen LogP contribution in [0.3, 0.4) is 0 Å². The zero-order valence-corrected chi connectivity index (χ0v) is 19.8. The predicted molar refractivity (Wildman–Crippen MR) is 126 cm³/mol. The van der Waals surface area contributed by atoms with Crippen LogP contribution in [0.1, 0.15) is 31.0 Å². The molecule has 0 N–H and O–H groups in total. The smallest absolute Gasteiger partial charge is 0.338 e. The topological polar surface area (TPSA) is 136 Å². The van der Waals surface area contributed by atoms with Crippen molar-refractivity contribution in [2.24, 2.45) is 4.99 Å². The van der Waals surface area contributed by atoms with Gasteiger partial charge in [0.1, 0.15) is 5.75 Å². The largest absolute Gasteiger partial charge is 0.868 e. The molecule has 35 heavy (non-hydrogen) atoms. The number of nitro groups is 1. The Kier molecular flexibility index (Phi) is 6.52. The molecule has 0 unspecified atom stereocenters. The molecule has 1 aromatic heterocycles. The fourth-order valence-corrected chi connectivity index (χ4v) is 4.86. The van der Waals surface area contributed by atoms with Gasteiger partial charge in [0, 0.05) is 6.07 Å². The van der Waals surface area contributed by atoms with Crippen molar-refractivity contribution in [2.45, 2.75) is 19.9 Å². The summed E-state index contributed by atoms with van der Waals surface area (Å²) >= 11 is 1.08. The van der Waals surface area contributed by atoms with Crippen LogP contribution in [0, 0.1) is 10.1 Å². The van der Waals surface area contributed by atoms with Crippen LogP contribution in [-0.2, 0) is 9.53 Å². The Balaban J connectivity index is 1.93. The number of ether oxygens (including phenoxy) is 2. The van der Waals surface area contributed by atoms with Crippen molar-refractivity contribution < 1.29 is 24.3 Å². The van der Waals surface area contributed by atoms with E-state index in [4.69, 9.17) is 9.47 Å². The van der Waals surface area contributed by atoms with Gasteiger partial charge in [0.15, 0.2) is 4.80 Å². The molecule has 1 atom stereocenters. The second-order valence-corrected chi connectivity index (χ2v) is 8.57. The summed E-state index contributed by atoms with van der Waals surface area (Å²) in [6.45, 7) is 3.53. The van der Waals surface area contributed by atoms with Crippen molar-refractivity contribution in [3.05, 3.63) is 94.7 Å². The molecule has 180 valence electrons. The highest BCUT2D eigenvalue weighted by molar-refractivity contribution is 7.07. The third-order valence-electron chi connectivity index (χ3n) is 5.43. The molecule has 4 rings (SSSR count). The number of esters is 1. The Morgan fingerprint density at radius 2 is 1.97 bits per heavy atom. The molecule has 1 aliphatic heterocycles. The Hall–Kier alpha value is -4.25. The van der Waals surface area contributed by atoms with Gasteiger partial charge in [-0.15, -0.1) is 0 Å². The van der Waals surface area contributed by atoms with E-state index in [1.807, 2.05) is 0 Å². The molecule has 0 saturated heterocycles. The maximum Gasteiger partial charge on any atom is 0.338 e. The zero-order chi connectivity index (χ0) is 25.3.